The lowest BCUT2D eigenvalue weighted by atomic mass is 10.0. The van der Waals surface area contributed by atoms with Crippen LogP contribution in [0.1, 0.15) is 55.2 Å². The summed E-state index contributed by atoms with van der Waals surface area (Å²) in [6.45, 7) is 7.98. The number of halogens is 3. The fourth-order valence-electron chi connectivity index (χ4n) is 3.30. The molecule has 34 heavy (non-hydrogen) atoms. The van der Waals surface area contributed by atoms with Crippen molar-refractivity contribution in [2.45, 2.75) is 39.8 Å². The van der Waals surface area contributed by atoms with Gasteiger partial charge in [-0.25, -0.2) is 14.8 Å². The minimum atomic E-state index is -4.69. The number of carbonyl (C=O) groups is 1. The highest BCUT2D eigenvalue weighted by molar-refractivity contribution is 7.19. The highest BCUT2D eigenvalue weighted by Crippen LogP contribution is 2.39. The predicted molar refractivity (Wildman–Crippen MR) is 130 cm³/mol. The van der Waals surface area contributed by atoms with Crippen LogP contribution in [-0.2, 0) is 6.18 Å². The first-order valence-electron chi connectivity index (χ1n) is 10.7. The fourth-order valence-corrected chi connectivity index (χ4v) is 4.41. The Balaban J connectivity index is 0.00000158. The molecule has 2 N–H and O–H groups in total. The van der Waals surface area contributed by atoms with Crippen molar-refractivity contribution in [1.82, 2.24) is 9.97 Å². The molecule has 0 saturated heterocycles. The molecule has 5 nitrogen and oxygen atoms in total. The quantitative estimate of drug-likeness (QED) is 0.299. The van der Waals surface area contributed by atoms with Crippen molar-refractivity contribution in [3.8, 4) is 10.4 Å². The van der Waals surface area contributed by atoms with E-state index in [0.717, 1.165) is 26.9 Å². The molecule has 178 valence electrons. The number of hydrogen-bond acceptors (Lipinski definition) is 5. The number of anilines is 2. The molecule has 2 heterocycles. The number of rotatable bonds is 5. The molecule has 0 amide bonds. The molecule has 9 heteroatoms. The third kappa shape index (κ3) is 5.36. The van der Waals surface area contributed by atoms with Gasteiger partial charge in [0.1, 0.15) is 11.4 Å². The molecular weight excluding hydrogens is 463 g/mol. The summed E-state index contributed by atoms with van der Waals surface area (Å²) in [4.78, 5) is 20.8. The molecule has 0 spiro atoms. The van der Waals surface area contributed by atoms with E-state index in [9.17, 15) is 23.1 Å². The van der Waals surface area contributed by atoms with E-state index in [1.165, 1.54) is 11.3 Å². The third-order valence-electron chi connectivity index (χ3n) is 4.88. The molecule has 4 rings (SSSR count). The third-order valence-corrected chi connectivity index (χ3v) is 5.92. The second-order valence-corrected chi connectivity index (χ2v) is 8.50. The Labute approximate surface area is 199 Å². The molecule has 0 radical (unpaired) electrons. The molecule has 2 aromatic carbocycles. The molecule has 4 aromatic rings. The van der Waals surface area contributed by atoms with Crippen molar-refractivity contribution in [3.05, 3.63) is 71.5 Å². The summed E-state index contributed by atoms with van der Waals surface area (Å²) < 4.78 is 38.9. The largest absolute Gasteiger partial charge is 0.478 e. The van der Waals surface area contributed by atoms with Crippen molar-refractivity contribution in [3.63, 3.8) is 0 Å². The maximum atomic E-state index is 13.0. The average Bonchev–Trinajstić information content (AvgIpc) is 3.23. The highest BCUT2D eigenvalue weighted by Gasteiger charge is 2.32. The summed E-state index contributed by atoms with van der Waals surface area (Å²) in [5.41, 5.74) is 0.0565. The minimum absolute atomic E-state index is 0.0720. The summed E-state index contributed by atoms with van der Waals surface area (Å²) in [6, 6.07) is 14.6. The maximum Gasteiger partial charge on any atom is 0.417 e. The normalized spacial score (nSPS) is 11.3. The zero-order valence-electron chi connectivity index (χ0n) is 19.1. The van der Waals surface area contributed by atoms with Gasteiger partial charge in [0.2, 0.25) is 0 Å². The molecule has 0 bridgehead atoms. The summed E-state index contributed by atoms with van der Waals surface area (Å²) in [6.07, 6.45) is -4.08. The Morgan fingerprint density at radius 1 is 1.06 bits per heavy atom. The summed E-state index contributed by atoms with van der Waals surface area (Å²) in [7, 11) is 0. The van der Waals surface area contributed by atoms with Crippen molar-refractivity contribution in [1.29, 1.82) is 0 Å². The second-order valence-electron chi connectivity index (χ2n) is 7.50. The monoisotopic (exact) mass is 487 g/mol. The van der Waals surface area contributed by atoms with Crippen molar-refractivity contribution in [2.75, 3.05) is 5.32 Å². The second kappa shape index (κ2) is 10.2. The SMILES string of the molecule is CC.CC(C)c1nc(Nc2ncc(C(F)(F)F)cc2C(=O)O)sc1-c1ccc2ccccc2c1. The molecule has 0 atom stereocenters. The Kier molecular flexibility index (Phi) is 7.56. The smallest absolute Gasteiger partial charge is 0.417 e. The lowest BCUT2D eigenvalue weighted by Gasteiger charge is -2.10. The zero-order valence-corrected chi connectivity index (χ0v) is 19.9. The highest BCUT2D eigenvalue weighted by atomic mass is 32.1. The number of carboxylic acid groups (broad SMARTS) is 1. The van der Waals surface area contributed by atoms with Crippen LogP contribution in [0.5, 0.6) is 0 Å². The van der Waals surface area contributed by atoms with Crippen LogP contribution in [0.15, 0.2) is 54.7 Å². The lowest BCUT2D eigenvalue weighted by Crippen LogP contribution is -2.11. The van der Waals surface area contributed by atoms with Gasteiger partial charge in [-0.05, 0) is 34.4 Å². The molecule has 0 unspecified atom stereocenters. The van der Waals surface area contributed by atoms with E-state index in [1.54, 1.807) is 0 Å². The molecule has 0 aliphatic rings. The molecule has 2 aromatic heterocycles. The fraction of sp³-hybridized carbons (Fsp3) is 0.240. The number of alkyl halides is 3. The number of hydrogen-bond donors (Lipinski definition) is 2. The van der Waals surface area contributed by atoms with Gasteiger partial charge >= 0.3 is 12.1 Å². The predicted octanol–water partition coefficient (Wildman–Crippen LogP) is 7.97. The summed E-state index contributed by atoms with van der Waals surface area (Å²) >= 11 is 1.30. The van der Waals surface area contributed by atoms with Gasteiger partial charge in [0.05, 0.1) is 16.1 Å². The first kappa shape index (κ1) is 25.2. The summed E-state index contributed by atoms with van der Waals surface area (Å²) in [5, 5.41) is 14.7. The topological polar surface area (TPSA) is 75.1 Å². The molecule has 0 saturated carbocycles. The van der Waals surface area contributed by atoms with Gasteiger partial charge in [0.15, 0.2) is 5.13 Å². The van der Waals surface area contributed by atoms with Crippen LogP contribution in [0.3, 0.4) is 0 Å². The number of aromatic nitrogens is 2. The number of aromatic carboxylic acids is 1. The van der Waals surface area contributed by atoms with Crippen LogP contribution in [-0.4, -0.2) is 21.0 Å². The molecule has 0 aliphatic heterocycles. The maximum absolute atomic E-state index is 13.0. The Morgan fingerprint density at radius 2 is 1.74 bits per heavy atom. The Bertz CT molecular complexity index is 1320. The van der Waals surface area contributed by atoms with E-state index in [0.29, 0.717) is 17.4 Å². The Morgan fingerprint density at radius 3 is 2.35 bits per heavy atom. The van der Waals surface area contributed by atoms with Crippen LogP contribution in [0.4, 0.5) is 24.1 Å². The number of fused-ring (bicyclic) bond motifs is 1. The van der Waals surface area contributed by atoms with Crippen LogP contribution >= 0.6 is 11.3 Å². The van der Waals surface area contributed by atoms with Gasteiger partial charge in [-0.15, -0.1) is 0 Å². The van der Waals surface area contributed by atoms with E-state index in [1.807, 2.05) is 64.1 Å². The number of carboxylic acids is 1. The number of thiazole rings is 1. The van der Waals surface area contributed by atoms with Gasteiger partial charge in [0, 0.05) is 6.20 Å². The molecule has 0 aliphatic carbocycles. The van der Waals surface area contributed by atoms with Gasteiger partial charge in [-0.1, -0.05) is 75.4 Å². The van der Waals surface area contributed by atoms with Gasteiger partial charge in [-0.3, -0.25) is 0 Å². The number of nitrogens with one attached hydrogen (secondary N) is 1. The van der Waals surface area contributed by atoms with E-state index in [2.05, 4.69) is 21.4 Å². The number of pyridine rings is 1. The van der Waals surface area contributed by atoms with Crippen LogP contribution in [0.25, 0.3) is 21.2 Å². The first-order chi connectivity index (χ1) is 16.1. The minimum Gasteiger partial charge on any atom is -0.478 e. The zero-order chi connectivity index (χ0) is 25.0. The Hall–Kier alpha value is -3.46. The standard InChI is InChI=1S/C23H18F3N3O2S.C2H6/c1-12(2)18-19(15-8-7-13-5-3-4-6-14(13)9-15)32-22(28-18)29-20-17(21(30)31)10-16(11-27-20)23(24,25)26;1-2/h3-12H,1-2H3,(H,30,31)(H,27,28,29);1-2H3. The van der Waals surface area contributed by atoms with Crippen LogP contribution in [0.2, 0.25) is 0 Å². The summed E-state index contributed by atoms with van der Waals surface area (Å²) in [5.74, 6) is -1.64. The molecular formula is C25H24F3N3O2S. The van der Waals surface area contributed by atoms with E-state index < -0.39 is 23.3 Å². The number of benzene rings is 2. The number of nitrogens with zero attached hydrogens (tertiary/aromatic N) is 2. The van der Waals surface area contributed by atoms with Crippen molar-refractivity contribution in [2.24, 2.45) is 0 Å². The van der Waals surface area contributed by atoms with Gasteiger partial charge in [0.25, 0.3) is 0 Å². The van der Waals surface area contributed by atoms with E-state index in [-0.39, 0.29) is 11.7 Å². The van der Waals surface area contributed by atoms with Crippen LogP contribution < -0.4 is 5.32 Å². The average molecular weight is 488 g/mol. The van der Waals surface area contributed by atoms with Crippen molar-refractivity contribution >= 4 is 39.0 Å². The van der Waals surface area contributed by atoms with Crippen LogP contribution in [0, 0.1) is 0 Å². The van der Waals surface area contributed by atoms with E-state index in [4.69, 9.17) is 0 Å². The molecule has 0 fully saturated rings. The van der Waals surface area contributed by atoms with E-state index >= 15 is 0 Å². The van der Waals surface area contributed by atoms with Gasteiger partial charge < -0.3 is 10.4 Å². The van der Waals surface area contributed by atoms with Crippen molar-refractivity contribution < 1.29 is 23.1 Å². The first-order valence-corrected chi connectivity index (χ1v) is 11.5. The lowest BCUT2D eigenvalue weighted by molar-refractivity contribution is -0.137. The van der Waals surface area contributed by atoms with Gasteiger partial charge in [-0.2, -0.15) is 13.2 Å².